The van der Waals surface area contributed by atoms with Gasteiger partial charge in [-0.25, -0.2) is 4.98 Å². The summed E-state index contributed by atoms with van der Waals surface area (Å²) in [6, 6.07) is 11.7. The molecule has 5 heteroatoms. The molecule has 0 fully saturated rings. The van der Waals surface area contributed by atoms with E-state index < -0.39 is 5.56 Å². The summed E-state index contributed by atoms with van der Waals surface area (Å²) in [5.41, 5.74) is 0.802. The van der Waals surface area contributed by atoms with Crippen LogP contribution in [0.3, 0.4) is 0 Å². The lowest BCUT2D eigenvalue weighted by Crippen LogP contribution is -2.11. The van der Waals surface area contributed by atoms with Gasteiger partial charge in [-0.2, -0.15) is 5.26 Å². The van der Waals surface area contributed by atoms with Crippen LogP contribution in [-0.4, -0.2) is 9.97 Å². The van der Waals surface area contributed by atoms with Gasteiger partial charge in [0.05, 0.1) is 6.20 Å². The number of aromatic amines is 1. The van der Waals surface area contributed by atoms with Crippen LogP contribution >= 0.6 is 11.8 Å². The summed E-state index contributed by atoms with van der Waals surface area (Å²) in [4.78, 5) is 17.9. The molecule has 1 aromatic heterocycles. The highest BCUT2D eigenvalue weighted by Gasteiger charge is 2.02. The van der Waals surface area contributed by atoms with Gasteiger partial charge < -0.3 is 4.98 Å². The molecule has 0 atom stereocenters. The molecule has 0 aliphatic heterocycles. The number of H-pyrrole nitrogens is 1. The SMILES string of the molecule is N#Cc1cnc(SCc2ccccc2)[nH]c1=O. The monoisotopic (exact) mass is 243 g/mol. The van der Waals surface area contributed by atoms with Gasteiger partial charge in [-0.05, 0) is 5.56 Å². The average Bonchev–Trinajstić information content (AvgIpc) is 2.38. The molecule has 0 spiro atoms. The Hall–Kier alpha value is -2.06. The maximum atomic E-state index is 11.4. The number of hydrogen-bond donors (Lipinski definition) is 1. The van der Waals surface area contributed by atoms with Crippen molar-refractivity contribution in [1.82, 2.24) is 9.97 Å². The minimum absolute atomic E-state index is 0.0362. The lowest BCUT2D eigenvalue weighted by Gasteiger charge is -2.00. The zero-order valence-electron chi connectivity index (χ0n) is 8.88. The predicted molar refractivity (Wildman–Crippen MR) is 65.6 cm³/mol. The van der Waals surface area contributed by atoms with Crippen molar-refractivity contribution >= 4 is 11.8 Å². The molecule has 0 aliphatic rings. The van der Waals surface area contributed by atoms with Crippen molar-refractivity contribution in [3.63, 3.8) is 0 Å². The Balaban J connectivity index is 2.08. The molecular formula is C12H9N3OS. The van der Waals surface area contributed by atoms with Crippen molar-refractivity contribution in [2.45, 2.75) is 10.9 Å². The van der Waals surface area contributed by atoms with Crippen LogP contribution in [0, 0.1) is 11.3 Å². The molecule has 2 aromatic rings. The van der Waals surface area contributed by atoms with Crippen LogP contribution in [0.15, 0.2) is 46.5 Å². The van der Waals surface area contributed by atoms with Crippen LogP contribution in [0.4, 0.5) is 0 Å². The van der Waals surface area contributed by atoms with Crippen molar-refractivity contribution in [3.8, 4) is 6.07 Å². The number of nitriles is 1. The van der Waals surface area contributed by atoms with E-state index in [-0.39, 0.29) is 5.56 Å². The molecule has 2 rings (SSSR count). The van der Waals surface area contributed by atoms with Crippen molar-refractivity contribution in [1.29, 1.82) is 5.26 Å². The highest BCUT2D eigenvalue weighted by Crippen LogP contribution is 2.17. The van der Waals surface area contributed by atoms with Gasteiger partial charge in [0.2, 0.25) is 0 Å². The summed E-state index contributed by atoms with van der Waals surface area (Å²) < 4.78 is 0. The van der Waals surface area contributed by atoms with E-state index in [1.54, 1.807) is 6.07 Å². The second-order valence-electron chi connectivity index (χ2n) is 3.32. The van der Waals surface area contributed by atoms with Gasteiger partial charge in [-0.15, -0.1) is 0 Å². The lowest BCUT2D eigenvalue weighted by atomic mass is 10.2. The fraction of sp³-hybridized carbons (Fsp3) is 0.0833. The van der Waals surface area contributed by atoms with Crippen molar-refractivity contribution in [2.24, 2.45) is 0 Å². The minimum atomic E-state index is -0.391. The number of thioether (sulfide) groups is 1. The molecule has 0 amide bonds. The van der Waals surface area contributed by atoms with Crippen LogP contribution in [0.1, 0.15) is 11.1 Å². The Morgan fingerprint density at radius 2 is 2.12 bits per heavy atom. The molecular weight excluding hydrogens is 234 g/mol. The summed E-state index contributed by atoms with van der Waals surface area (Å²) in [5.74, 6) is 0.732. The van der Waals surface area contributed by atoms with Crippen LogP contribution < -0.4 is 5.56 Å². The van der Waals surface area contributed by atoms with E-state index in [1.807, 2.05) is 30.3 Å². The smallest absolute Gasteiger partial charge is 0.269 e. The summed E-state index contributed by atoms with van der Waals surface area (Å²) in [6.07, 6.45) is 1.30. The number of aromatic nitrogens is 2. The fourth-order valence-electron chi connectivity index (χ4n) is 1.26. The topological polar surface area (TPSA) is 69.5 Å². The van der Waals surface area contributed by atoms with Gasteiger partial charge >= 0.3 is 0 Å². The van der Waals surface area contributed by atoms with Crippen LogP contribution in [0.2, 0.25) is 0 Å². The molecule has 0 aliphatic carbocycles. The Bertz CT molecular complexity index is 601. The van der Waals surface area contributed by atoms with E-state index in [2.05, 4.69) is 9.97 Å². The average molecular weight is 243 g/mol. The zero-order chi connectivity index (χ0) is 12.1. The summed E-state index contributed by atoms with van der Waals surface area (Å²) in [5, 5.41) is 9.13. The molecule has 1 heterocycles. The van der Waals surface area contributed by atoms with Crippen molar-refractivity contribution in [3.05, 3.63) is 58.0 Å². The molecule has 1 aromatic carbocycles. The zero-order valence-corrected chi connectivity index (χ0v) is 9.70. The first-order valence-electron chi connectivity index (χ1n) is 4.96. The quantitative estimate of drug-likeness (QED) is 0.660. The normalized spacial score (nSPS) is 9.82. The Morgan fingerprint density at radius 1 is 1.35 bits per heavy atom. The van der Waals surface area contributed by atoms with Crippen molar-refractivity contribution in [2.75, 3.05) is 0 Å². The molecule has 0 saturated carbocycles. The van der Waals surface area contributed by atoms with Crippen LogP contribution in [-0.2, 0) is 5.75 Å². The number of rotatable bonds is 3. The van der Waals surface area contributed by atoms with E-state index in [0.29, 0.717) is 5.16 Å². The summed E-state index contributed by atoms with van der Waals surface area (Å²) in [7, 11) is 0. The molecule has 0 radical (unpaired) electrons. The van der Waals surface area contributed by atoms with Gasteiger partial charge in [0.15, 0.2) is 5.16 Å². The summed E-state index contributed by atoms with van der Waals surface area (Å²) >= 11 is 1.43. The number of benzene rings is 1. The Morgan fingerprint density at radius 3 is 2.76 bits per heavy atom. The van der Waals surface area contributed by atoms with Crippen molar-refractivity contribution < 1.29 is 0 Å². The first-order chi connectivity index (χ1) is 8.29. The molecule has 0 bridgehead atoms. The Labute approximate surface area is 102 Å². The largest absolute Gasteiger partial charge is 0.300 e. The van der Waals surface area contributed by atoms with Crippen LogP contribution in [0.25, 0.3) is 0 Å². The number of nitrogens with zero attached hydrogens (tertiary/aromatic N) is 2. The lowest BCUT2D eigenvalue weighted by molar-refractivity contribution is 0.928. The third kappa shape index (κ3) is 2.95. The fourth-order valence-corrected chi connectivity index (χ4v) is 2.05. The molecule has 17 heavy (non-hydrogen) atoms. The maximum absolute atomic E-state index is 11.4. The highest BCUT2D eigenvalue weighted by atomic mass is 32.2. The first kappa shape index (κ1) is 11.4. The standard InChI is InChI=1S/C12H9N3OS/c13-6-10-7-14-12(15-11(10)16)17-8-9-4-2-1-3-5-9/h1-5,7H,8H2,(H,14,15,16). The third-order valence-electron chi connectivity index (χ3n) is 2.11. The van der Waals surface area contributed by atoms with Gasteiger partial charge in [-0.1, -0.05) is 42.1 Å². The molecule has 1 N–H and O–H groups in total. The molecule has 0 saturated heterocycles. The first-order valence-corrected chi connectivity index (χ1v) is 5.94. The predicted octanol–water partition coefficient (Wildman–Crippen LogP) is 1.93. The van der Waals surface area contributed by atoms with Gasteiger partial charge in [0.1, 0.15) is 11.6 Å². The number of nitrogens with one attached hydrogen (secondary N) is 1. The Kier molecular flexibility index (Phi) is 3.58. The van der Waals surface area contributed by atoms with Gasteiger partial charge in [0.25, 0.3) is 5.56 Å². The van der Waals surface area contributed by atoms with Gasteiger partial charge in [0, 0.05) is 5.75 Å². The van der Waals surface area contributed by atoms with E-state index in [4.69, 9.17) is 5.26 Å². The van der Waals surface area contributed by atoms with E-state index in [9.17, 15) is 4.79 Å². The third-order valence-corrected chi connectivity index (χ3v) is 3.07. The van der Waals surface area contributed by atoms with E-state index in [0.717, 1.165) is 11.3 Å². The van der Waals surface area contributed by atoms with E-state index in [1.165, 1.54) is 18.0 Å². The second kappa shape index (κ2) is 5.32. The molecule has 84 valence electrons. The highest BCUT2D eigenvalue weighted by molar-refractivity contribution is 7.98. The minimum Gasteiger partial charge on any atom is -0.300 e. The summed E-state index contributed by atoms with van der Waals surface area (Å²) in [6.45, 7) is 0. The van der Waals surface area contributed by atoms with Gasteiger partial charge in [-0.3, -0.25) is 4.79 Å². The maximum Gasteiger partial charge on any atom is 0.269 e. The number of hydrogen-bond acceptors (Lipinski definition) is 4. The van der Waals surface area contributed by atoms with Crippen LogP contribution in [0.5, 0.6) is 0 Å². The molecule has 0 unspecified atom stereocenters. The molecule has 4 nitrogen and oxygen atoms in total. The van der Waals surface area contributed by atoms with E-state index >= 15 is 0 Å². The second-order valence-corrected chi connectivity index (χ2v) is 4.28.